The lowest BCUT2D eigenvalue weighted by molar-refractivity contribution is -0.119. The second-order valence-corrected chi connectivity index (χ2v) is 3.33. The maximum absolute atomic E-state index is 12.7. The molecule has 0 unspecified atom stereocenters. The van der Waals surface area contributed by atoms with E-state index in [-0.39, 0.29) is 17.8 Å². The number of nitrogens with one attached hydrogen (secondary N) is 1. The van der Waals surface area contributed by atoms with Crippen LogP contribution in [0.25, 0.3) is 0 Å². The second kappa shape index (κ2) is 5.29. The zero-order valence-corrected chi connectivity index (χ0v) is 8.66. The first-order chi connectivity index (χ1) is 7.13. The number of hydrogen-bond acceptors (Lipinski definition) is 1. The molecule has 0 aliphatic carbocycles. The van der Waals surface area contributed by atoms with E-state index in [1.165, 1.54) is 19.1 Å². The van der Waals surface area contributed by atoms with E-state index in [1.807, 2.05) is 0 Å². The molecule has 0 radical (unpaired) electrons. The van der Waals surface area contributed by atoms with Gasteiger partial charge in [-0.05, 0) is 24.1 Å². The van der Waals surface area contributed by atoms with Crippen LogP contribution in [0.5, 0.6) is 0 Å². The first-order valence-electron chi connectivity index (χ1n) is 4.77. The van der Waals surface area contributed by atoms with Crippen molar-refractivity contribution in [3.05, 3.63) is 48.3 Å². The number of carbonyl (C=O) groups is 1. The Kier molecular flexibility index (Phi) is 4.03. The Morgan fingerprint density at radius 3 is 2.60 bits per heavy atom. The van der Waals surface area contributed by atoms with Crippen molar-refractivity contribution in [1.82, 2.24) is 5.32 Å². The van der Waals surface area contributed by atoms with E-state index in [9.17, 15) is 9.18 Å². The Hall–Kier alpha value is -1.64. The molecule has 1 N–H and O–H groups in total. The molecule has 15 heavy (non-hydrogen) atoms. The molecule has 0 spiro atoms. The van der Waals surface area contributed by atoms with Crippen molar-refractivity contribution in [3.63, 3.8) is 0 Å². The third-order valence-corrected chi connectivity index (χ3v) is 2.05. The van der Waals surface area contributed by atoms with Gasteiger partial charge in [-0.2, -0.15) is 0 Å². The van der Waals surface area contributed by atoms with Crippen LogP contribution in [0.2, 0.25) is 0 Å². The zero-order valence-electron chi connectivity index (χ0n) is 8.66. The molecular weight excluding hydrogens is 193 g/mol. The fourth-order valence-corrected chi connectivity index (χ4v) is 1.39. The van der Waals surface area contributed by atoms with Crippen molar-refractivity contribution in [2.24, 2.45) is 0 Å². The molecule has 0 aromatic heterocycles. The summed E-state index contributed by atoms with van der Waals surface area (Å²) in [4.78, 5) is 10.9. The number of hydrogen-bond donors (Lipinski definition) is 1. The van der Waals surface area contributed by atoms with Crippen LogP contribution in [-0.4, -0.2) is 5.91 Å². The SMILES string of the molecule is C=CC[C@@H](NC(C)=O)c1ccc(F)cc1. The van der Waals surface area contributed by atoms with E-state index in [2.05, 4.69) is 11.9 Å². The summed E-state index contributed by atoms with van der Waals surface area (Å²) in [5.74, 6) is -0.384. The minimum Gasteiger partial charge on any atom is -0.349 e. The summed E-state index contributed by atoms with van der Waals surface area (Å²) < 4.78 is 12.7. The average Bonchev–Trinajstić information content (AvgIpc) is 2.17. The standard InChI is InChI=1S/C12H14FNO/c1-3-4-12(14-9(2)15)10-5-7-11(13)8-6-10/h3,5-8,12H,1,4H2,2H3,(H,14,15)/t12-/m1/s1. The first-order valence-corrected chi connectivity index (χ1v) is 4.77. The van der Waals surface area contributed by atoms with E-state index in [0.29, 0.717) is 6.42 Å². The normalized spacial score (nSPS) is 11.9. The highest BCUT2D eigenvalue weighted by Crippen LogP contribution is 2.17. The number of benzene rings is 1. The Morgan fingerprint density at radius 1 is 1.53 bits per heavy atom. The molecule has 0 saturated carbocycles. The highest BCUT2D eigenvalue weighted by atomic mass is 19.1. The third-order valence-electron chi connectivity index (χ3n) is 2.05. The third kappa shape index (κ3) is 3.54. The van der Waals surface area contributed by atoms with Gasteiger partial charge in [-0.25, -0.2) is 4.39 Å². The largest absolute Gasteiger partial charge is 0.349 e. The lowest BCUT2D eigenvalue weighted by Crippen LogP contribution is -2.25. The van der Waals surface area contributed by atoms with Gasteiger partial charge in [-0.1, -0.05) is 18.2 Å². The lowest BCUT2D eigenvalue weighted by atomic mass is 10.0. The van der Waals surface area contributed by atoms with Crippen LogP contribution in [-0.2, 0) is 4.79 Å². The number of halogens is 1. The monoisotopic (exact) mass is 207 g/mol. The van der Waals surface area contributed by atoms with Gasteiger partial charge < -0.3 is 5.32 Å². The molecule has 0 aliphatic heterocycles. The van der Waals surface area contributed by atoms with Gasteiger partial charge in [0, 0.05) is 6.92 Å². The Bertz CT molecular complexity index is 345. The van der Waals surface area contributed by atoms with E-state index >= 15 is 0 Å². The Labute approximate surface area is 88.8 Å². The average molecular weight is 207 g/mol. The Balaban J connectivity index is 2.83. The molecule has 1 atom stereocenters. The van der Waals surface area contributed by atoms with Crippen LogP contribution in [0.4, 0.5) is 4.39 Å². The van der Waals surface area contributed by atoms with Crippen molar-refractivity contribution >= 4 is 5.91 Å². The molecule has 0 fully saturated rings. The summed E-state index contributed by atoms with van der Waals surface area (Å²) in [7, 11) is 0. The lowest BCUT2D eigenvalue weighted by Gasteiger charge is -2.16. The molecule has 1 aromatic carbocycles. The van der Waals surface area contributed by atoms with Gasteiger partial charge in [0.1, 0.15) is 5.82 Å². The predicted molar refractivity (Wildman–Crippen MR) is 57.8 cm³/mol. The molecule has 0 saturated heterocycles. The van der Waals surface area contributed by atoms with Crippen molar-refractivity contribution in [3.8, 4) is 0 Å². The maximum Gasteiger partial charge on any atom is 0.217 e. The number of amides is 1. The number of carbonyl (C=O) groups excluding carboxylic acids is 1. The molecule has 0 bridgehead atoms. The molecule has 0 aliphatic rings. The minimum absolute atomic E-state index is 0.105. The van der Waals surface area contributed by atoms with Crippen molar-refractivity contribution in [1.29, 1.82) is 0 Å². The minimum atomic E-state index is -0.279. The molecule has 1 amide bonds. The van der Waals surface area contributed by atoms with Crippen molar-refractivity contribution in [2.45, 2.75) is 19.4 Å². The Morgan fingerprint density at radius 2 is 2.13 bits per heavy atom. The van der Waals surface area contributed by atoms with E-state index < -0.39 is 0 Å². The molecule has 80 valence electrons. The molecule has 1 rings (SSSR count). The van der Waals surface area contributed by atoms with Gasteiger partial charge in [-0.3, -0.25) is 4.79 Å². The van der Waals surface area contributed by atoms with Gasteiger partial charge in [0.25, 0.3) is 0 Å². The highest BCUT2D eigenvalue weighted by Gasteiger charge is 2.10. The summed E-state index contributed by atoms with van der Waals surface area (Å²) in [6.45, 7) is 5.08. The molecule has 3 heteroatoms. The second-order valence-electron chi connectivity index (χ2n) is 3.33. The van der Waals surface area contributed by atoms with Crippen LogP contribution in [0.1, 0.15) is 24.9 Å². The summed E-state index contributed by atoms with van der Waals surface area (Å²) in [5, 5.41) is 2.78. The van der Waals surface area contributed by atoms with Gasteiger partial charge in [-0.15, -0.1) is 6.58 Å². The van der Waals surface area contributed by atoms with Gasteiger partial charge in [0.05, 0.1) is 6.04 Å². The summed E-state index contributed by atoms with van der Waals surface area (Å²) in [5.41, 5.74) is 0.881. The van der Waals surface area contributed by atoms with E-state index in [4.69, 9.17) is 0 Å². The zero-order chi connectivity index (χ0) is 11.3. The van der Waals surface area contributed by atoms with Gasteiger partial charge in [0.15, 0.2) is 0 Å². The molecule has 2 nitrogen and oxygen atoms in total. The van der Waals surface area contributed by atoms with E-state index in [0.717, 1.165) is 5.56 Å². The van der Waals surface area contributed by atoms with Crippen molar-refractivity contribution < 1.29 is 9.18 Å². The smallest absolute Gasteiger partial charge is 0.217 e. The van der Waals surface area contributed by atoms with Gasteiger partial charge in [0.2, 0.25) is 5.91 Å². The molecule has 1 aromatic rings. The highest BCUT2D eigenvalue weighted by molar-refractivity contribution is 5.73. The van der Waals surface area contributed by atoms with Crippen LogP contribution in [0.3, 0.4) is 0 Å². The van der Waals surface area contributed by atoms with Crippen LogP contribution >= 0.6 is 0 Å². The fourth-order valence-electron chi connectivity index (χ4n) is 1.39. The topological polar surface area (TPSA) is 29.1 Å². The summed E-state index contributed by atoms with van der Waals surface area (Å²) in [6.07, 6.45) is 2.36. The maximum atomic E-state index is 12.7. The van der Waals surface area contributed by atoms with Crippen LogP contribution in [0, 0.1) is 5.82 Å². The van der Waals surface area contributed by atoms with Crippen LogP contribution in [0.15, 0.2) is 36.9 Å². The predicted octanol–water partition coefficient (Wildman–Crippen LogP) is 2.58. The summed E-state index contributed by atoms with van der Waals surface area (Å²) in [6, 6.07) is 5.97. The molecular formula is C12H14FNO. The van der Waals surface area contributed by atoms with E-state index in [1.54, 1.807) is 18.2 Å². The number of rotatable bonds is 4. The summed E-state index contributed by atoms with van der Waals surface area (Å²) >= 11 is 0. The molecule has 0 heterocycles. The van der Waals surface area contributed by atoms with Gasteiger partial charge >= 0.3 is 0 Å². The van der Waals surface area contributed by atoms with Crippen LogP contribution < -0.4 is 5.32 Å². The van der Waals surface area contributed by atoms with Crippen molar-refractivity contribution in [2.75, 3.05) is 0 Å². The fraction of sp³-hybridized carbons (Fsp3) is 0.250. The first kappa shape index (κ1) is 11.4. The quantitative estimate of drug-likeness (QED) is 0.755.